The first-order chi connectivity index (χ1) is 10.8. The molecule has 1 amide bonds. The highest BCUT2D eigenvalue weighted by atomic mass is 19.3. The Morgan fingerprint density at radius 2 is 1.87 bits per heavy atom. The average Bonchev–Trinajstić information content (AvgIpc) is 3.45. The van der Waals surface area contributed by atoms with Crippen LogP contribution in [0, 0.1) is 16.7 Å². The normalized spacial score (nSPS) is 26.3. The van der Waals surface area contributed by atoms with E-state index >= 15 is 0 Å². The summed E-state index contributed by atoms with van der Waals surface area (Å²) in [5, 5.41) is 11.8. The average molecular weight is 325 g/mol. The summed E-state index contributed by atoms with van der Waals surface area (Å²) in [6.07, 6.45) is 4.99. The highest BCUT2D eigenvalue weighted by Crippen LogP contribution is 2.54. The molecular weight excluding hydrogens is 300 g/mol. The van der Waals surface area contributed by atoms with Gasteiger partial charge in [-0.25, -0.2) is 8.78 Å². The molecule has 1 spiro atoms. The van der Waals surface area contributed by atoms with E-state index in [2.05, 4.69) is 11.4 Å². The molecule has 0 aromatic carbocycles. The second kappa shape index (κ2) is 5.70. The summed E-state index contributed by atoms with van der Waals surface area (Å²) in [4.78, 5) is 14.5. The summed E-state index contributed by atoms with van der Waals surface area (Å²) in [6, 6.07) is 1.28. The van der Waals surface area contributed by atoms with Crippen LogP contribution < -0.4 is 5.32 Å². The van der Waals surface area contributed by atoms with Gasteiger partial charge >= 0.3 is 0 Å². The quantitative estimate of drug-likeness (QED) is 0.817. The maximum atomic E-state index is 13.9. The summed E-state index contributed by atoms with van der Waals surface area (Å²) < 4.78 is 27.9. The first-order valence-corrected chi connectivity index (χ1v) is 8.68. The second-order valence-corrected chi connectivity index (χ2v) is 7.65. The van der Waals surface area contributed by atoms with Gasteiger partial charge in [0.25, 0.3) is 0 Å². The largest absolute Gasteiger partial charge is 0.336 e. The van der Waals surface area contributed by atoms with Crippen molar-refractivity contribution in [2.45, 2.75) is 75.8 Å². The van der Waals surface area contributed by atoms with E-state index in [9.17, 15) is 13.6 Å². The van der Waals surface area contributed by atoms with Crippen LogP contribution >= 0.6 is 0 Å². The van der Waals surface area contributed by atoms with Crippen molar-refractivity contribution in [3.05, 3.63) is 0 Å². The molecule has 0 unspecified atom stereocenters. The lowest BCUT2D eigenvalue weighted by Crippen LogP contribution is -2.54. The molecule has 3 fully saturated rings. The van der Waals surface area contributed by atoms with E-state index in [1.54, 1.807) is 0 Å². The molecule has 6 heteroatoms. The number of rotatable bonds is 6. The molecule has 0 bridgehead atoms. The van der Waals surface area contributed by atoms with Gasteiger partial charge < -0.3 is 5.32 Å². The van der Waals surface area contributed by atoms with Gasteiger partial charge in [-0.2, -0.15) is 5.26 Å². The maximum Gasteiger partial charge on any atom is 0.249 e. The van der Waals surface area contributed by atoms with Crippen molar-refractivity contribution in [2.75, 3.05) is 13.1 Å². The smallest absolute Gasteiger partial charge is 0.249 e. The number of hydrogen-bond acceptors (Lipinski definition) is 3. The monoisotopic (exact) mass is 325 g/mol. The number of halogens is 2. The van der Waals surface area contributed by atoms with Gasteiger partial charge in [0.1, 0.15) is 5.54 Å². The Kier molecular flexibility index (Phi) is 4.12. The highest BCUT2D eigenvalue weighted by Gasteiger charge is 2.50. The zero-order valence-corrected chi connectivity index (χ0v) is 13.7. The number of likely N-dealkylation sites (tertiary alicyclic amines) is 1. The Hall–Kier alpha value is -1.22. The number of nitrogens with one attached hydrogen (secondary N) is 1. The minimum absolute atomic E-state index is 0.266. The highest BCUT2D eigenvalue weighted by molar-refractivity contribution is 5.83. The molecule has 3 aliphatic rings. The molecule has 1 saturated heterocycles. The third kappa shape index (κ3) is 3.65. The molecule has 4 nitrogen and oxygen atoms in total. The zero-order chi connectivity index (χ0) is 16.7. The van der Waals surface area contributed by atoms with E-state index < -0.39 is 29.8 Å². The van der Waals surface area contributed by atoms with Crippen LogP contribution in [0.1, 0.15) is 58.3 Å². The molecule has 3 rings (SSSR count). The number of nitrogens with zero attached hydrogens (tertiary/aromatic N) is 2. The fourth-order valence-electron chi connectivity index (χ4n) is 3.51. The van der Waals surface area contributed by atoms with Gasteiger partial charge in [-0.15, -0.1) is 0 Å². The topological polar surface area (TPSA) is 56.1 Å². The second-order valence-electron chi connectivity index (χ2n) is 7.65. The summed E-state index contributed by atoms with van der Waals surface area (Å²) in [6.45, 7) is 2.86. The molecule has 1 heterocycles. The van der Waals surface area contributed by atoms with Crippen molar-refractivity contribution >= 4 is 5.91 Å². The zero-order valence-electron chi connectivity index (χ0n) is 13.7. The third-order valence-electron chi connectivity index (χ3n) is 5.89. The predicted octanol–water partition coefficient (Wildman–Crippen LogP) is 2.84. The van der Waals surface area contributed by atoms with Crippen LogP contribution in [0.3, 0.4) is 0 Å². The van der Waals surface area contributed by atoms with Crippen LogP contribution in [-0.4, -0.2) is 41.4 Å². The molecular formula is C17H25F2N3O. The lowest BCUT2D eigenvalue weighted by atomic mass is 9.91. The Bertz CT molecular complexity index is 510. The fraction of sp³-hybridized carbons (Fsp3) is 0.882. The minimum Gasteiger partial charge on any atom is -0.336 e. The van der Waals surface area contributed by atoms with Gasteiger partial charge in [0.05, 0.1) is 12.1 Å². The molecule has 0 radical (unpaired) electrons. The van der Waals surface area contributed by atoms with Crippen molar-refractivity contribution in [3.8, 4) is 6.07 Å². The van der Waals surface area contributed by atoms with E-state index in [4.69, 9.17) is 5.26 Å². The molecule has 0 aromatic rings. The number of hydrogen-bond donors (Lipinski definition) is 1. The van der Waals surface area contributed by atoms with Crippen molar-refractivity contribution in [3.63, 3.8) is 0 Å². The van der Waals surface area contributed by atoms with E-state index in [1.807, 2.05) is 4.90 Å². The first kappa shape index (κ1) is 16.6. The van der Waals surface area contributed by atoms with Crippen LogP contribution in [0.15, 0.2) is 0 Å². The predicted molar refractivity (Wildman–Crippen MR) is 81.8 cm³/mol. The van der Waals surface area contributed by atoms with Gasteiger partial charge in [-0.1, -0.05) is 6.92 Å². The van der Waals surface area contributed by atoms with Crippen molar-refractivity contribution < 1.29 is 13.6 Å². The van der Waals surface area contributed by atoms with Gasteiger partial charge in [0.2, 0.25) is 11.8 Å². The first-order valence-electron chi connectivity index (χ1n) is 8.68. The van der Waals surface area contributed by atoms with Crippen LogP contribution in [0.4, 0.5) is 8.78 Å². The standard InChI is InChI=1S/C17H25F2N3O/c1-2-17(18,19)11-13(14(23)21-16(12-20)5-6-16)22-9-7-15(3-4-15)8-10-22/h13H,2-11H2,1H3,(H,21,23)/t13-/m0/s1. The van der Waals surface area contributed by atoms with Crippen molar-refractivity contribution in [1.29, 1.82) is 5.26 Å². The maximum absolute atomic E-state index is 13.9. The van der Waals surface area contributed by atoms with E-state index in [0.29, 0.717) is 31.3 Å². The van der Waals surface area contributed by atoms with Gasteiger partial charge in [-0.05, 0) is 57.0 Å². The Balaban J connectivity index is 1.68. The number of alkyl halides is 2. The molecule has 128 valence electrons. The Labute approximate surface area is 136 Å². The number of carbonyl (C=O) groups is 1. The van der Waals surface area contributed by atoms with E-state index in [1.165, 1.54) is 19.8 Å². The van der Waals surface area contributed by atoms with E-state index in [-0.39, 0.29) is 6.42 Å². The Morgan fingerprint density at radius 3 is 2.30 bits per heavy atom. The summed E-state index contributed by atoms with van der Waals surface area (Å²) in [5.74, 6) is -3.25. The van der Waals surface area contributed by atoms with Crippen LogP contribution in [-0.2, 0) is 4.79 Å². The van der Waals surface area contributed by atoms with Crippen LogP contribution in [0.2, 0.25) is 0 Å². The van der Waals surface area contributed by atoms with Crippen molar-refractivity contribution in [2.24, 2.45) is 5.41 Å². The SMILES string of the molecule is CCC(F)(F)C[C@@H](C(=O)NC1(C#N)CC1)N1CCC2(CC1)CC2. The third-order valence-corrected chi connectivity index (χ3v) is 5.89. The van der Waals surface area contributed by atoms with E-state index in [0.717, 1.165) is 12.8 Å². The van der Waals surface area contributed by atoms with Gasteiger partial charge in [0.15, 0.2) is 0 Å². The summed E-state index contributed by atoms with van der Waals surface area (Å²) >= 11 is 0. The molecule has 1 N–H and O–H groups in total. The minimum atomic E-state index is -2.85. The number of carbonyl (C=O) groups excluding carboxylic acids is 1. The lowest BCUT2D eigenvalue weighted by Gasteiger charge is -2.38. The molecule has 23 heavy (non-hydrogen) atoms. The van der Waals surface area contributed by atoms with Crippen LogP contribution in [0.5, 0.6) is 0 Å². The van der Waals surface area contributed by atoms with Gasteiger partial charge in [-0.3, -0.25) is 9.69 Å². The van der Waals surface area contributed by atoms with Crippen LogP contribution in [0.25, 0.3) is 0 Å². The fourth-order valence-corrected chi connectivity index (χ4v) is 3.51. The molecule has 0 aromatic heterocycles. The molecule has 2 aliphatic carbocycles. The lowest BCUT2D eigenvalue weighted by molar-refractivity contribution is -0.132. The molecule has 2 saturated carbocycles. The number of nitriles is 1. The van der Waals surface area contributed by atoms with Gasteiger partial charge in [0, 0.05) is 12.8 Å². The molecule has 1 aliphatic heterocycles. The Morgan fingerprint density at radius 1 is 1.26 bits per heavy atom. The molecule has 1 atom stereocenters. The number of amides is 1. The summed E-state index contributed by atoms with van der Waals surface area (Å²) in [7, 11) is 0. The number of piperidine rings is 1. The van der Waals surface area contributed by atoms with Crippen molar-refractivity contribution in [1.82, 2.24) is 10.2 Å². The summed E-state index contributed by atoms with van der Waals surface area (Å²) in [5.41, 5.74) is -0.362.